The standard InChI is InChI=1S/C16H20N2/c1-12(2)15-6-4-5-7-16(15)18-11-14-9-8-13(3)17-10-14/h4-10,12,18H,11H2,1-3H3. The second-order valence-corrected chi connectivity index (χ2v) is 4.90. The van der Waals surface area contributed by atoms with Crippen LogP contribution in [-0.2, 0) is 6.54 Å². The third-order valence-corrected chi connectivity index (χ3v) is 3.04. The number of aromatic nitrogens is 1. The summed E-state index contributed by atoms with van der Waals surface area (Å²) in [6, 6.07) is 12.6. The minimum Gasteiger partial charge on any atom is -0.381 e. The van der Waals surface area contributed by atoms with Crippen LogP contribution in [0.2, 0.25) is 0 Å². The summed E-state index contributed by atoms with van der Waals surface area (Å²) in [4.78, 5) is 4.31. The number of rotatable bonds is 4. The molecule has 0 radical (unpaired) electrons. The van der Waals surface area contributed by atoms with Crippen molar-refractivity contribution in [1.29, 1.82) is 0 Å². The molecule has 0 saturated carbocycles. The van der Waals surface area contributed by atoms with E-state index in [1.807, 2.05) is 19.2 Å². The summed E-state index contributed by atoms with van der Waals surface area (Å²) < 4.78 is 0. The van der Waals surface area contributed by atoms with Crippen LogP contribution in [0.1, 0.15) is 36.6 Å². The number of nitrogens with zero attached hydrogens (tertiary/aromatic N) is 1. The maximum Gasteiger partial charge on any atom is 0.0416 e. The molecular formula is C16H20N2. The summed E-state index contributed by atoms with van der Waals surface area (Å²) in [5, 5.41) is 3.49. The van der Waals surface area contributed by atoms with E-state index in [1.165, 1.54) is 16.8 Å². The fraction of sp³-hybridized carbons (Fsp3) is 0.312. The van der Waals surface area contributed by atoms with Gasteiger partial charge in [-0.05, 0) is 36.1 Å². The Hall–Kier alpha value is -1.83. The molecule has 18 heavy (non-hydrogen) atoms. The van der Waals surface area contributed by atoms with Crippen molar-refractivity contribution in [3.05, 3.63) is 59.4 Å². The van der Waals surface area contributed by atoms with Gasteiger partial charge in [0.2, 0.25) is 0 Å². The zero-order valence-corrected chi connectivity index (χ0v) is 11.3. The van der Waals surface area contributed by atoms with Crippen molar-refractivity contribution in [3.8, 4) is 0 Å². The Morgan fingerprint density at radius 3 is 2.56 bits per heavy atom. The highest BCUT2D eigenvalue weighted by Gasteiger charge is 2.05. The van der Waals surface area contributed by atoms with Crippen LogP contribution < -0.4 is 5.32 Å². The van der Waals surface area contributed by atoms with Crippen molar-refractivity contribution in [2.45, 2.75) is 33.2 Å². The number of para-hydroxylation sites is 1. The molecule has 0 unspecified atom stereocenters. The van der Waals surface area contributed by atoms with Crippen molar-refractivity contribution in [1.82, 2.24) is 4.98 Å². The van der Waals surface area contributed by atoms with E-state index in [0.717, 1.165) is 12.2 Å². The second-order valence-electron chi connectivity index (χ2n) is 4.90. The summed E-state index contributed by atoms with van der Waals surface area (Å²) in [6.07, 6.45) is 1.93. The van der Waals surface area contributed by atoms with E-state index in [4.69, 9.17) is 0 Å². The van der Waals surface area contributed by atoms with Gasteiger partial charge in [-0.15, -0.1) is 0 Å². The summed E-state index contributed by atoms with van der Waals surface area (Å²) in [7, 11) is 0. The van der Waals surface area contributed by atoms with Crippen LogP contribution in [0.15, 0.2) is 42.6 Å². The lowest BCUT2D eigenvalue weighted by molar-refractivity contribution is 0.865. The Bertz CT molecular complexity index is 501. The van der Waals surface area contributed by atoms with Crippen LogP contribution in [0.4, 0.5) is 5.69 Å². The SMILES string of the molecule is Cc1ccc(CNc2ccccc2C(C)C)cn1. The quantitative estimate of drug-likeness (QED) is 0.869. The van der Waals surface area contributed by atoms with Crippen LogP contribution in [0.5, 0.6) is 0 Å². The van der Waals surface area contributed by atoms with Crippen LogP contribution in [0.3, 0.4) is 0 Å². The maximum absolute atomic E-state index is 4.31. The average Bonchev–Trinajstić information content (AvgIpc) is 2.38. The first-order valence-corrected chi connectivity index (χ1v) is 6.41. The van der Waals surface area contributed by atoms with Crippen molar-refractivity contribution in [3.63, 3.8) is 0 Å². The highest BCUT2D eigenvalue weighted by atomic mass is 14.9. The molecule has 1 N–H and O–H groups in total. The number of aryl methyl sites for hydroxylation is 1. The normalized spacial score (nSPS) is 10.7. The molecule has 1 aromatic carbocycles. The maximum atomic E-state index is 4.31. The number of benzene rings is 1. The van der Waals surface area contributed by atoms with Gasteiger partial charge in [0.1, 0.15) is 0 Å². The third-order valence-electron chi connectivity index (χ3n) is 3.04. The molecule has 0 fully saturated rings. The minimum atomic E-state index is 0.532. The monoisotopic (exact) mass is 240 g/mol. The van der Waals surface area contributed by atoms with Gasteiger partial charge >= 0.3 is 0 Å². The van der Waals surface area contributed by atoms with Crippen molar-refractivity contribution < 1.29 is 0 Å². The molecule has 0 spiro atoms. The van der Waals surface area contributed by atoms with E-state index in [0.29, 0.717) is 5.92 Å². The number of pyridine rings is 1. The van der Waals surface area contributed by atoms with Gasteiger partial charge in [-0.2, -0.15) is 0 Å². The predicted molar refractivity (Wildman–Crippen MR) is 76.8 cm³/mol. The molecule has 2 rings (SSSR count). The first kappa shape index (κ1) is 12.6. The van der Waals surface area contributed by atoms with Crippen LogP contribution in [-0.4, -0.2) is 4.98 Å². The lowest BCUT2D eigenvalue weighted by Gasteiger charge is -2.14. The van der Waals surface area contributed by atoms with Gasteiger partial charge in [0.25, 0.3) is 0 Å². The van der Waals surface area contributed by atoms with Gasteiger partial charge in [0.05, 0.1) is 0 Å². The first-order valence-electron chi connectivity index (χ1n) is 6.41. The fourth-order valence-electron chi connectivity index (χ4n) is 1.96. The van der Waals surface area contributed by atoms with E-state index < -0.39 is 0 Å². The zero-order chi connectivity index (χ0) is 13.0. The smallest absolute Gasteiger partial charge is 0.0416 e. The highest BCUT2D eigenvalue weighted by molar-refractivity contribution is 5.52. The molecule has 0 aliphatic heterocycles. The van der Waals surface area contributed by atoms with E-state index in [-0.39, 0.29) is 0 Å². The number of nitrogens with one attached hydrogen (secondary N) is 1. The van der Waals surface area contributed by atoms with Gasteiger partial charge in [0.15, 0.2) is 0 Å². The van der Waals surface area contributed by atoms with Gasteiger partial charge in [-0.1, -0.05) is 38.1 Å². The zero-order valence-electron chi connectivity index (χ0n) is 11.3. The molecule has 0 atom stereocenters. The summed E-state index contributed by atoms with van der Waals surface area (Å²) in [6.45, 7) is 7.25. The van der Waals surface area contributed by atoms with Crippen molar-refractivity contribution in [2.24, 2.45) is 0 Å². The minimum absolute atomic E-state index is 0.532. The number of anilines is 1. The largest absolute Gasteiger partial charge is 0.381 e. The summed E-state index contributed by atoms with van der Waals surface area (Å²) >= 11 is 0. The Morgan fingerprint density at radius 1 is 1.11 bits per heavy atom. The van der Waals surface area contributed by atoms with E-state index >= 15 is 0 Å². The highest BCUT2D eigenvalue weighted by Crippen LogP contribution is 2.24. The van der Waals surface area contributed by atoms with Gasteiger partial charge in [-0.25, -0.2) is 0 Å². The molecular weight excluding hydrogens is 220 g/mol. The molecule has 0 amide bonds. The second kappa shape index (κ2) is 5.67. The van der Waals surface area contributed by atoms with Gasteiger partial charge in [-0.3, -0.25) is 4.98 Å². The first-order chi connectivity index (χ1) is 8.66. The number of hydrogen-bond acceptors (Lipinski definition) is 2. The summed E-state index contributed by atoms with van der Waals surface area (Å²) in [5.41, 5.74) is 4.84. The molecule has 2 nitrogen and oxygen atoms in total. The predicted octanol–water partition coefficient (Wildman–Crippen LogP) is 4.13. The van der Waals surface area contributed by atoms with E-state index in [1.54, 1.807) is 0 Å². The molecule has 1 heterocycles. The summed E-state index contributed by atoms with van der Waals surface area (Å²) in [5.74, 6) is 0.532. The van der Waals surface area contributed by atoms with Gasteiger partial charge < -0.3 is 5.32 Å². The van der Waals surface area contributed by atoms with E-state index in [2.05, 4.69) is 54.5 Å². The number of hydrogen-bond donors (Lipinski definition) is 1. The molecule has 2 aromatic rings. The average molecular weight is 240 g/mol. The molecule has 0 aliphatic carbocycles. The van der Waals surface area contributed by atoms with Crippen molar-refractivity contribution >= 4 is 5.69 Å². The van der Waals surface area contributed by atoms with Gasteiger partial charge in [0, 0.05) is 24.1 Å². The Balaban J connectivity index is 2.08. The lowest BCUT2D eigenvalue weighted by atomic mass is 10.0. The van der Waals surface area contributed by atoms with Crippen molar-refractivity contribution in [2.75, 3.05) is 5.32 Å². The Labute approximate surface area is 109 Å². The Morgan fingerprint density at radius 2 is 1.89 bits per heavy atom. The lowest BCUT2D eigenvalue weighted by Crippen LogP contribution is -2.03. The molecule has 2 heteroatoms. The third kappa shape index (κ3) is 3.10. The fourth-order valence-corrected chi connectivity index (χ4v) is 1.96. The topological polar surface area (TPSA) is 24.9 Å². The van der Waals surface area contributed by atoms with Crippen LogP contribution >= 0.6 is 0 Å². The molecule has 1 aromatic heterocycles. The van der Waals surface area contributed by atoms with E-state index in [9.17, 15) is 0 Å². The molecule has 0 aliphatic rings. The molecule has 94 valence electrons. The Kier molecular flexibility index (Phi) is 3.98. The van der Waals surface area contributed by atoms with Crippen LogP contribution in [0, 0.1) is 6.92 Å². The molecule has 0 bridgehead atoms. The molecule has 0 saturated heterocycles. The van der Waals surface area contributed by atoms with Crippen LogP contribution in [0.25, 0.3) is 0 Å².